The average Bonchev–Trinajstić information content (AvgIpc) is 2.41. The Balaban J connectivity index is 2.08. The molecule has 2 aromatic rings. The van der Waals surface area contributed by atoms with Crippen LogP contribution in [0.5, 0.6) is 0 Å². The molecule has 0 aliphatic heterocycles. The van der Waals surface area contributed by atoms with E-state index in [1.54, 1.807) is 0 Å². The summed E-state index contributed by atoms with van der Waals surface area (Å²) in [5.41, 5.74) is 2.41. The summed E-state index contributed by atoms with van der Waals surface area (Å²) in [7, 11) is 0. The lowest BCUT2D eigenvalue weighted by Gasteiger charge is -2.08. The van der Waals surface area contributed by atoms with Gasteiger partial charge in [-0.3, -0.25) is 5.43 Å². The molecular weight excluding hydrogens is 371 g/mol. The van der Waals surface area contributed by atoms with Crippen molar-refractivity contribution in [1.82, 2.24) is 4.98 Å². The first kappa shape index (κ1) is 15.8. The van der Waals surface area contributed by atoms with E-state index in [1.807, 2.05) is 24.3 Å². The summed E-state index contributed by atoms with van der Waals surface area (Å²) in [6.45, 7) is 0. The monoisotopic (exact) mass is 377 g/mol. The molecule has 21 heavy (non-hydrogen) atoms. The summed E-state index contributed by atoms with van der Waals surface area (Å²) in [4.78, 5) is 3.61. The maximum absolute atomic E-state index is 12.5. The largest absolute Gasteiger partial charge is 0.417 e. The molecule has 110 valence electrons. The van der Waals surface area contributed by atoms with Gasteiger partial charge in [0.1, 0.15) is 0 Å². The number of pyridine rings is 1. The van der Waals surface area contributed by atoms with Gasteiger partial charge in [-0.25, -0.2) is 4.98 Å². The van der Waals surface area contributed by atoms with Gasteiger partial charge in [0, 0.05) is 10.7 Å². The molecule has 0 saturated carbocycles. The molecule has 0 amide bonds. The SMILES string of the molecule is FC(F)(F)c1cnc(N/N=C/c2ccc(Br)cc2)c(Cl)c1. The molecule has 2 rings (SSSR count). The fraction of sp³-hybridized carbons (Fsp3) is 0.0769. The van der Waals surface area contributed by atoms with Gasteiger partial charge in [-0.05, 0) is 23.8 Å². The van der Waals surface area contributed by atoms with Crippen molar-refractivity contribution in [2.24, 2.45) is 5.10 Å². The number of rotatable bonds is 3. The number of anilines is 1. The Morgan fingerprint density at radius 2 is 1.90 bits per heavy atom. The number of hydrogen-bond acceptors (Lipinski definition) is 3. The highest BCUT2D eigenvalue weighted by Gasteiger charge is 2.31. The van der Waals surface area contributed by atoms with Gasteiger partial charge >= 0.3 is 6.18 Å². The van der Waals surface area contributed by atoms with Crippen LogP contribution in [0.4, 0.5) is 19.0 Å². The van der Waals surface area contributed by atoms with Crippen molar-refractivity contribution in [3.8, 4) is 0 Å². The fourth-order valence-corrected chi connectivity index (χ4v) is 1.86. The number of aromatic nitrogens is 1. The summed E-state index contributed by atoms with van der Waals surface area (Å²) in [6, 6.07) is 8.11. The molecule has 0 bridgehead atoms. The number of halogens is 5. The molecule has 0 atom stereocenters. The summed E-state index contributed by atoms with van der Waals surface area (Å²) in [6.07, 6.45) is -2.28. The Kier molecular flexibility index (Phi) is 4.84. The highest BCUT2D eigenvalue weighted by Crippen LogP contribution is 2.32. The van der Waals surface area contributed by atoms with Gasteiger partial charge in [-0.1, -0.05) is 39.7 Å². The smallest absolute Gasteiger partial charge is 0.260 e. The van der Waals surface area contributed by atoms with Crippen LogP contribution in [0.2, 0.25) is 5.02 Å². The summed E-state index contributed by atoms with van der Waals surface area (Å²) < 4.78 is 38.3. The molecular formula is C13H8BrClF3N3. The van der Waals surface area contributed by atoms with Crippen LogP contribution < -0.4 is 5.43 Å². The minimum Gasteiger partial charge on any atom is -0.260 e. The van der Waals surface area contributed by atoms with Crippen molar-refractivity contribution in [3.05, 3.63) is 57.2 Å². The Morgan fingerprint density at radius 1 is 1.24 bits per heavy atom. The lowest BCUT2D eigenvalue weighted by molar-refractivity contribution is -0.137. The minimum absolute atomic E-state index is 0.0537. The third-order valence-electron chi connectivity index (χ3n) is 2.42. The normalized spacial score (nSPS) is 11.9. The van der Waals surface area contributed by atoms with E-state index < -0.39 is 11.7 Å². The van der Waals surface area contributed by atoms with Crippen LogP contribution in [-0.4, -0.2) is 11.2 Å². The Labute approximate surface area is 132 Å². The number of alkyl halides is 3. The molecule has 1 N–H and O–H groups in total. The molecule has 1 aromatic heterocycles. The minimum atomic E-state index is -4.48. The molecule has 0 saturated heterocycles. The molecule has 0 radical (unpaired) electrons. The molecule has 0 aliphatic rings. The van der Waals surface area contributed by atoms with Crippen molar-refractivity contribution in [1.29, 1.82) is 0 Å². The predicted molar refractivity (Wildman–Crippen MR) is 79.6 cm³/mol. The summed E-state index contributed by atoms with van der Waals surface area (Å²) >= 11 is 9.04. The van der Waals surface area contributed by atoms with E-state index in [1.165, 1.54) is 6.21 Å². The zero-order valence-corrected chi connectivity index (χ0v) is 12.7. The fourth-order valence-electron chi connectivity index (χ4n) is 1.39. The van der Waals surface area contributed by atoms with Gasteiger partial charge in [-0.2, -0.15) is 18.3 Å². The van der Waals surface area contributed by atoms with Gasteiger partial charge in [-0.15, -0.1) is 0 Å². The van der Waals surface area contributed by atoms with Crippen LogP contribution in [0.15, 0.2) is 46.1 Å². The molecule has 0 aliphatic carbocycles. The molecule has 1 heterocycles. The second-order valence-corrected chi connectivity index (χ2v) is 5.30. The Morgan fingerprint density at radius 3 is 2.48 bits per heavy atom. The van der Waals surface area contributed by atoms with Crippen LogP contribution in [0, 0.1) is 0 Å². The lowest BCUT2D eigenvalue weighted by atomic mass is 10.2. The molecule has 0 fully saturated rings. The molecule has 8 heteroatoms. The van der Waals surface area contributed by atoms with Crippen molar-refractivity contribution >= 4 is 39.6 Å². The number of nitrogens with zero attached hydrogens (tertiary/aromatic N) is 2. The summed E-state index contributed by atoms with van der Waals surface area (Å²) in [5, 5.41) is 3.72. The molecule has 1 aromatic carbocycles. The first-order valence-electron chi connectivity index (χ1n) is 5.63. The van der Waals surface area contributed by atoms with Crippen LogP contribution in [0.25, 0.3) is 0 Å². The van der Waals surface area contributed by atoms with E-state index in [-0.39, 0.29) is 10.8 Å². The van der Waals surface area contributed by atoms with Crippen LogP contribution in [0.1, 0.15) is 11.1 Å². The number of nitrogens with one attached hydrogen (secondary N) is 1. The van der Waals surface area contributed by atoms with Gasteiger partial charge < -0.3 is 0 Å². The van der Waals surface area contributed by atoms with E-state index in [0.29, 0.717) is 6.20 Å². The van der Waals surface area contributed by atoms with E-state index in [0.717, 1.165) is 16.1 Å². The second-order valence-electron chi connectivity index (χ2n) is 3.97. The van der Waals surface area contributed by atoms with E-state index >= 15 is 0 Å². The standard InChI is InChI=1S/C13H8BrClF3N3/c14-10-3-1-8(2-4-10)6-20-21-12-11(15)5-9(7-19-12)13(16,17)18/h1-7H,(H,19,21)/b20-6+. The first-order valence-corrected chi connectivity index (χ1v) is 6.81. The van der Waals surface area contributed by atoms with Crippen LogP contribution in [0.3, 0.4) is 0 Å². The Hall–Kier alpha value is -1.60. The highest BCUT2D eigenvalue weighted by molar-refractivity contribution is 9.10. The maximum atomic E-state index is 12.5. The van der Waals surface area contributed by atoms with Crippen LogP contribution in [-0.2, 0) is 6.18 Å². The zero-order valence-electron chi connectivity index (χ0n) is 10.3. The maximum Gasteiger partial charge on any atom is 0.417 e. The first-order chi connectivity index (χ1) is 9.86. The number of benzene rings is 1. The van der Waals surface area contributed by atoms with E-state index in [4.69, 9.17) is 11.6 Å². The quantitative estimate of drug-likeness (QED) is 0.605. The van der Waals surface area contributed by atoms with Crippen molar-refractivity contribution in [2.75, 3.05) is 5.43 Å². The highest BCUT2D eigenvalue weighted by atomic mass is 79.9. The van der Waals surface area contributed by atoms with Crippen molar-refractivity contribution in [3.63, 3.8) is 0 Å². The van der Waals surface area contributed by atoms with Gasteiger partial charge in [0.05, 0.1) is 16.8 Å². The Bertz CT molecular complexity index is 657. The average molecular weight is 379 g/mol. The van der Waals surface area contributed by atoms with Gasteiger partial charge in [0.15, 0.2) is 5.82 Å². The molecule has 3 nitrogen and oxygen atoms in total. The van der Waals surface area contributed by atoms with E-state index in [9.17, 15) is 13.2 Å². The van der Waals surface area contributed by atoms with Crippen molar-refractivity contribution in [2.45, 2.75) is 6.18 Å². The van der Waals surface area contributed by atoms with Crippen molar-refractivity contribution < 1.29 is 13.2 Å². The number of hydrazone groups is 1. The third-order valence-corrected chi connectivity index (χ3v) is 3.24. The molecule has 0 unspecified atom stereocenters. The lowest BCUT2D eigenvalue weighted by Crippen LogP contribution is -2.06. The third kappa shape index (κ3) is 4.44. The van der Waals surface area contributed by atoms with Gasteiger partial charge in [0.25, 0.3) is 0 Å². The molecule has 0 spiro atoms. The summed E-state index contributed by atoms with van der Waals surface area (Å²) in [5.74, 6) is 0.0537. The topological polar surface area (TPSA) is 37.3 Å². The predicted octanol–water partition coefficient (Wildman–Crippen LogP) is 4.96. The van der Waals surface area contributed by atoms with E-state index in [2.05, 4.69) is 31.4 Å². The second kappa shape index (κ2) is 6.44. The zero-order chi connectivity index (χ0) is 15.5. The van der Waals surface area contributed by atoms with Gasteiger partial charge in [0.2, 0.25) is 0 Å². The number of hydrogen-bond donors (Lipinski definition) is 1. The van der Waals surface area contributed by atoms with Crippen LogP contribution >= 0.6 is 27.5 Å².